The van der Waals surface area contributed by atoms with E-state index >= 15 is 0 Å². The summed E-state index contributed by atoms with van der Waals surface area (Å²) >= 11 is 0. The number of imidazole rings is 1. The molecule has 57 heavy (non-hydrogen) atoms. The van der Waals surface area contributed by atoms with Crippen LogP contribution in [0.3, 0.4) is 0 Å². The van der Waals surface area contributed by atoms with Crippen LogP contribution >= 0.6 is 0 Å². The van der Waals surface area contributed by atoms with Crippen molar-refractivity contribution < 1.29 is 21.1 Å². The van der Waals surface area contributed by atoms with Gasteiger partial charge in [-0.2, -0.15) is 28.6 Å². The number of aromatic nitrogens is 4. The van der Waals surface area contributed by atoms with Crippen molar-refractivity contribution in [2.75, 3.05) is 0 Å². The number of rotatable bonds is 7. The van der Waals surface area contributed by atoms with Crippen LogP contribution in [0.2, 0.25) is 0 Å². The first-order chi connectivity index (χ1) is 27.4. The van der Waals surface area contributed by atoms with Gasteiger partial charge in [0, 0.05) is 29.8 Å². The molecule has 0 fully saturated rings. The molecule has 0 saturated heterocycles. The van der Waals surface area contributed by atoms with E-state index in [-0.39, 0.29) is 21.1 Å². The Kier molecular flexibility index (Phi) is 9.90. The van der Waals surface area contributed by atoms with Gasteiger partial charge in [-0.15, -0.1) is 34.3 Å². The number of aryl methyl sites for hydroxylation is 3. The Morgan fingerprint density at radius 2 is 1.40 bits per heavy atom. The molecular weight excluding hydrogens is 896 g/mol. The third-order valence-electron chi connectivity index (χ3n) is 10.6. The maximum absolute atomic E-state index is 9.87. The van der Waals surface area contributed by atoms with Gasteiger partial charge in [-0.1, -0.05) is 89.9 Å². The fraction of sp³-hybridized carbons (Fsp3) is 0.0612. The van der Waals surface area contributed by atoms with Gasteiger partial charge in [-0.3, -0.25) is 9.83 Å². The quantitative estimate of drug-likeness (QED) is 0.0918. The molecule has 0 saturated carbocycles. The van der Waals surface area contributed by atoms with E-state index in [1.807, 2.05) is 73.1 Å². The van der Waals surface area contributed by atoms with Gasteiger partial charge in [-0.25, -0.2) is 4.98 Å². The van der Waals surface area contributed by atoms with Gasteiger partial charge < -0.3 is 9.13 Å². The Morgan fingerprint density at radius 1 is 0.702 bits per heavy atom. The second kappa shape index (κ2) is 15.1. The van der Waals surface area contributed by atoms with Crippen LogP contribution in [0.15, 0.2) is 152 Å². The fourth-order valence-corrected chi connectivity index (χ4v) is 13.0. The van der Waals surface area contributed by atoms with Gasteiger partial charge in [0.05, 0.1) is 24.0 Å². The largest absolute Gasteiger partial charge is 2.00 e. The van der Waals surface area contributed by atoms with Crippen LogP contribution in [0.25, 0.3) is 49.5 Å². The van der Waals surface area contributed by atoms with Crippen LogP contribution in [0, 0.1) is 50.8 Å². The Balaban J connectivity index is 0.00000455. The molecule has 6 nitrogen and oxygen atoms in total. The molecule has 0 unspecified atom stereocenters. The Morgan fingerprint density at radius 3 is 2.05 bits per heavy atom. The normalized spacial score (nSPS) is 11.2. The van der Waals surface area contributed by atoms with Crippen LogP contribution < -0.4 is 20.7 Å². The predicted molar refractivity (Wildman–Crippen MR) is 228 cm³/mol. The summed E-state index contributed by atoms with van der Waals surface area (Å²) in [5, 5.41) is 16.0. The summed E-state index contributed by atoms with van der Waals surface area (Å²) in [6.07, 6.45) is 5.61. The van der Waals surface area contributed by atoms with Crippen molar-refractivity contribution in [3.63, 3.8) is 0 Å². The summed E-state index contributed by atoms with van der Waals surface area (Å²) in [6.45, 7) is 14.7. The number of fused-ring (bicyclic) bond motifs is 3. The molecule has 8 heteroatoms. The van der Waals surface area contributed by atoms with E-state index in [9.17, 15) is 5.26 Å². The van der Waals surface area contributed by atoms with Crippen molar-refractivity contribution in [2.24, 2.45) is 0 Å². The topological polar surface area (TPSA) is 63.8 Å². The third kappa shape index (κ3) is 6.23. The van der Waals surface area contributed by atoms with Gasteiger partial charge in [0.25, 0.3) is 0 Å². The van der Waals surface area contributed by atoms with Crippen LogP contribution in [-0.4, -0.2) is 27.2 Å². The molecule has 274 valence electrons. The van der Waals surface area contributed by atoms with Gasteiger partial charge in [0.15, 0.2) is 0 Å². The number of benzene rings is 6. The molecule has 6 aromatic carbocycles. The smallest absolute Gasteiger partial charge is 0.340 e. The van der Waals surface area contributed by atoms with Crippen molar-refractivity contribution in [1.29, 1.82) is 5.26 Å². The molecule has 0 spiro atoms. The minimum absolute atomic E-state index is 0. The van der Waals surface area contributed by atoms with E-state index < -0.39 is 8.07 Å². The van der Waals surface area contributed by atoms with E-state index in [4.69, 9.17) is 16.5 Å². The molecular formula is C49H34N6PtSi. The zero-order chi connectivity index (χ0) is 38.4. The maximum atomic E-state index is 9.87. The molecule has 9 rings (SSSR count). The molecule has 0 atom stereocenters. The van der Waals surface area contributed by atoms with Gasteiger partial charge in [0.2, 0.25) is 0 Å². The average molecular weight is 930 g/mol. The summed E-state index contributed by atoms with van der Waals surface area (Å²) < 4.78 is 4.26. The molecule has 0 radical (unpaired) electrons. The monoisotopic (exact) mass is 929 g/mol. The first kappa shape index (κ1) is 37.3. The Hall–Kier alpha value is -6.63. The first-order valence-corrected chi connectivity index (χ1v) is 20.4. The van der Waals surface area contributed by atoms with Gasteiger partial charge in [-0.05, 0) is 78.0 Å². The Labute approximate surface area is 347 Å². The number of hydrogen-bond donors (Lipinski definition) is 0. The van der Waals surface area contributed by atoms with Crippen LogP contribution in [0.5, 0.6) is 0 Å². The SMILES string of the molecule is [C-]#[N+]c1cc(-c2nccn2-c2c(C)cc(C)cc2C)[c-]c([Si](c2[c-]c3c(cc2)c2cc(C#N)ccc2n3-c2ccccn2)(c2ccccc2)c2ccccc2)c1.[Pt+2]. The number of nitrogens with zero attached hydrogens (tertiary/aromatic N) is 6. The van der Waals surface area contributed by atoms with E-state index in [2.05, 4.69) is 126 Å². The van der Waals surface area contributed by atoms with E-state index in [1.54, 1.807) is 6.20 Å². The Bertz CT molecular complexity index is 2970. The summed E-state index contributed by atoms with van der Waals surface area (Å²) in [7, 11) is -3.30. The van der Waals surface area contributed by atoms with Crippen LogP contribution in [-0.2, 0) is 21.1 Å². The van der Waals surface area contributed by atoms with Crippen molar-refractivity contribution in [3.8, 4) is 29.0 Å². The molecule has 3 aromatic heterocycles. The van der Waals surface area contributed by atoms with Crippen molar-refractivity contribution in [3.05, 3.63) is 198 Å². The van der Waals surface area contributed by atoms with E-state index in [0.717, 1.165) is 76.6 Å². The van der Waals surface area contributed by atoms with Crippen LogP contribution in [0.4, 0.5) is 5.69 Å². The molecule has 0 bridgehead atoms. The molecule has 0 aliphatic carbocycles. The number of pyridine rings is 1. The van der Waals surface area contributed by atoms with E-state index in [0.29, 0.717) is 11.3 Å². The zero-order valence-electron chi connectivity index (χ0n) is 31.4. The molecule has 0 N–H and O–H groups in total. The third-order valence-corrected chi connectivity index (χ3v) is 15.2. The zero-order valence-corrected chi connectivity index (χ0v) is 34.7. The second-order valence-electron chi connectivity index (χ2n) is 14.1. The standard InChI is InChI=1S/C49H34N6Si.Pt/c1-33-25-34(2)48(35(3)26-33)54-24-23-53-49(54)37-28-38(51-4)30-42(29-37)56(39-13-7-5-8-14-39,40-15-9-6-10-16-40)41-19-20-43-44-27-36(32-50)18-21-45(44)55(46(43)31-41)47-17-11-12-22-52-47;/h5-28,30H,1-3H3;/q-2;+2. The molecule has 0 aliphatic rings. The fourth-order valence-electron chi connectivity index (χ4n) is 8.44. The maximum Gasteiger partial charge on any atom is 2.00 e. The predicted octanol–water partition coefficient (Wildman–Crippen LogP) is 8.35. The summed E-state index contributed by atoms with van der Waals surface area (Å²) in [5.41, 5.74) is 8.21. The van der Waals surface area contributed by atoms with E-state index in [1.165, 1.54) is 5.56 Å². The van der Waals surface area contributed by atoms with Gasteiger partial charge >= 0.3 is 21.1 Å². The average Bonchev–Trinajstić information content (AvgIpc) is 3.84. The van der Waals surface area contributed by atoms with Crippen LogP contribution in [0.1, 0.15) is 22.3 Å². The minimum atomic E-state index is -3.30. The van der Waals surface area contributed by atoms with Gasteiger partial charge in [0.1, 0.15) is 19.6 Å². The van der Waals surface area contributed by atoms with Crippen molar-refractivity contribution >= 4 is 56.3 Å². The number of hydrogen-bond acceptors (Lipinski definition) is 3. The first-order valence-electron chi connectivity index (χ1n) is 18.4. The summed E-state index contributed by atoms with van der Waals surface area (Å²) in [6, 6.07) is 55.8. The molecule has 3 heterocycles. The summed E-state index contributed by atoms with van der Waals surface area (Å²) in [4.78, 5) is 13.8. The molecule has 0 amide bonds. The summed E-state index contributed by atoms with van der Waals surface area (Å²) in [5.74, 6) is 1.48. The minimum Gasteiger partial charge on any atom is -0.340 e. The molecule has 0 aliphatic heterocycles. The van der Waals surface area contributed by atoms with Crippen molar-refractivity contribution in [1.82, 2.24) is 19.1 Å². The number of nitriles is 1. The second-order valence-corrected chi connectivity index (χ2v) is 17.9. The van der Waals surface area contributed by atoms with Crippen molar-refractivity contribution in [2.45, 2.75) is 20.8 Å². The molecule has 9 aromatic rings.